The van der Waals surface area contributed by atoms with Gasteiger partial charge in [0.15, 0.2) is 5.78 Å². The molecule has 0 radical (unpaired) electrons. The van der Waals surface area contributed by atoms with Crippen LogP contribution in [0.1, 0.15) is 15.9 Å². The second-order valence-electron chi connectivity index (χ2n) is 3.41. The van der Waals surface area contributed by atoms with Crippen LogP contribution in [0.2, 0.25) is 0 Å². The van der Waals surface area contributed by atoms with E-state index in [1.165, 1.54) is 0 Å². The number of thioether (sulfide) groups is 1. The molecule has 0 unspecified atom stereocenters. The van der Waals surface area contributed by atoms with Crippen LogP contribution in [0.3, 0.4) is 0 Å². The lowest BCUT2D eigenvalue weighted by Gasteiger charge is -2.01. The van der Waals surface area contributed by atoms with Crippen molar-refractivity contribution in [2.45, 2.75) is 4.90 Å². The zero-order chi connectivity index (χ0) is 12.1. The molecule has 17 heavy (non-hydrogen) atoms. The van der Waals surface area contributed by atoms with Crippen molar-refractivity contribution in [3.8, 4) is 5.40 Å². The highest BCUT2D eigenvalue weighted by atomic mass is 32.2. The summed E-state index contributed by atoms with van der Waals surface area (Å²) in [6.45, 7) is 0. The molecular weight excluding hydrogens is 230 g/mol. The summed E-state index contributed by atoms with van der Waals surface area (Å²) in [5.74, 6) is -0.000826. The van der Waals surface area contributed by atoms with Gasteiger partial charge in [0.25, 0.3) is 0 Å². The maximum atomic E-state index is 12.0. The lowest BCUT2D eigenvalue weighted by Crippen LogP contribution is -2.00. The number of nitrogens with zero attached hydrogens (tertiary/aromatic N) is 1. The maximum absolute atomic E-state index is 12.0. The first-order valence-corrected chi connectivity index (χ1v) is 5.88. The van der Waals surface area contributed by atoms with E-state index in [1.54, 1.807) is 36.4 Å². The number of benzene rings is 2. The Morgan fingerprint density at radius 1 is 0.941 bits per heavy atom. The minimum Gasteiger partial charge on any atom is -0.289 e. The van der Waals surface area contributed by atoms with E-state index < -0.39 is 0 Å². The first-order chi connectivity index (χ1) is 8.31. The molecule has 0 bridgehead atoms. The van der Waals surface area contributed by atoms with Crippen molar-refractivity contribution in [3.63, 3.8) is 0 Å². The molecule has 0 atom stereocenters. The van der Waals surface area contributed by atoms with Crippen molar-refractivity contribution in [3.05, 3.63) is 65.7 Å². The summed E-state index contributed by atoms with van der Waals surface area (Å²) in [7, 11) is 0. The molecule has 0 aliphatic carbocycles. The topological polar surface area (TPSA) is 40.9 Å². The first kappa shape index (κ1) is 11.4. The lowest BCUT2D eigenvalue weighted by atomic mass is 10.0. The third kappa shape index (κ3) is 2.74. The Balaban J connectivity index is 2.24. The lowest BCUT2D eigenvalue weighted by molar-refractivity contribution is 0.103. The highest BCUT2D eigenvalue weighted by Gasteiger charge is 2.07. The summed E-state index contributed by atoms with van der Waals surface area (Å²) in [5, 5.41) is 10.5. The van der Waals surface area contributed by atoms with Gasteiger partial charge in [-0.05, 0) is 36.0 Å². The van der Waals surface area contributed by atoms with Crippen molar-refractivity contribution in [2.24, 2.45) is 0 Å². The SMILES string of the molecule is N#CSc1ccc(C(=O)c2ccccc2)cc1. The Bertz CT molecular complexity index is 555. The number of nitriles is 1. The maximum Gasteiger partial charge on any atom is 0.193 e. The minimum atomic E-state index is -0.000826. The van der Waals surface area contributed by atoms with Crippen molar-refractivity contribution in [1.82, 2.24) is 0 Å². The Morgan fingerprint density at radius 2 is 1.53 bits per heavy atom. The molecule has 0 heterocycles. The zero-order valence-corrected chi connectivity index (χ0v) is 9.78. The second-order valence-corrected chi connectivity index (χ2v) is 4.27. The van der Waals surface area contributed by atoms with E-state index in [-0.39, 0.29) is 5.78 Å². The molecule has 2 aromatic rings. The predicted octanol–water partition coefficient (Wildman–Crippen LogP) is 3.49. The van der Waals surface area contributed by atoms with E-state index in [0.29, 0.717) is 11.1 Å². The van der Waals surface area contributed by atoms with Gasteiger partial charge in [-0.25, -0.2) is 0 Å². The molecule has 2 rings (SSSR count). The van der Waals surface area contributed by atoms with Gasteiger partial charge in [-0.3, -0.25) is 4.79 Å². The van der Waals surface area contributed by atoms with Gasteiger partial charge in [-0.2, -0.15) is 5.26 Å². The van der Waals surface area contributed by atoms with Crippen LogP contribution in [0.25, 0.3) is 0 Å². The fourth-order valence-corrected chi connectivity index (χ4v) is 1.86. The molecule has 3 heteroatoms. The number of carbonyl (C=O) groups excluding carboxylic acids is 1. The summed E-state index contributed by atoms with van der Waals surface area (Å²) >= 11 is 1.09. The quantitative estimate of drug-likeness (QED) is 0.467. The smallest absolute Gasteiger partial charge is 0.193 e. The van der Waals surface area contributed by atoms with E-state index in [0.717, 1.165) is 16.7 Å². The summed E-state index contributed by atoms with van der Waals surface area (Å²) in [4.78, 5) is 12.9. The molecule has 2 aromatic carbocycles. The molecule has 82 valence electrons. The van der Waals surface area contributed by atoms with Gasteiger partial charge in [0, 0.05) is 16.0 Å². The largest absolute Gasteiger partial charge is 0.289 e. The van der Waals surface area contributed by atoms with Crippen molar-refractivity contribution in [2.75, 3.05) is 0 Å². The fraction of sp³-hybridized carbons (Fsp3) is 0. The Morgan fingerprint density at radius 3 is 2.12 bits per heavy atom. The molecule has 0 N–H and O–H groups in total. The van der Waals surface area contributed by atoms with Gasteiger partial charge in [0.1, 0.15) is 5.40 Å². The van der Waals surface area contributed by atoms with Crippen LogP contribution < -0.4 is 0 Å². The summed E-state index contributed by atoms with van der Waals surface area (Å²) < 4.78 is 0. The Labute approximate surface area is 104 Å². The van der Waals surface area contributed by atoms with Crippen molar-refractivity contribution < 1.29 is 4.79 Å². The van der Waals surface area contributed by atoms with Crippen molar-refractivity contribution >= 4 is 17.5 Å². The third-order valence-corrected chi connectivity index (χ3v) is 2.92. The van der Waals surface area contributed by atoms with E-state index in [2.05, 4.69) is 0 Å². The normalized spacial score (nSPS) is 9.59. The minimum absolute atomic E-state index is 0.000826. The Kier molecular flexibility index (Phi) is 3.59. The zero-order valence-electron chi connectivity index (χ0n) is 8.96. The van der Waals surface area contributed by atoms with Crippen LogP contribution in [-0.4, -0.2) is 5.78 Å². The standard InChI is InChI=1S/C14H9NOS/c15-10-17-13-8-6-12(7-9-13)14(16)11-4-2-1-3-5-11/h1-9H. The van der Waals surface area contributed by atoms with Gasteiger partial charge in [0.2, 0.25) is 0 Å². The van der Waals surface area contributed by atoms with Crippen LogP contribution in [0.15, 0.2) is 59.5 Å². The van der Waals surface area contributed by atoms with Crippen LogP contribution in [0.4, 0.5) is 0 Å². The van der Waals surface area contributed by atoms with Crippen molar-refractivity contribution in [1.29, 1.82) is 5.26 Å². The highest BCUT2D eigenvalue weighted by Crippen LogP contribution is 2.18. The first-order valence-electron chi connectivity index (χ1n) is 5.07. The molecule has 0 spiro atoms. The number of hydrogen-bond donors (Lipinski definition) is 0. The summed E-state index contributed by atoms with van der Waals surface area (Å²) in [6, 6.07) is 16.2. The number of rotatable bonds is 3. The van der Waals surface area contributed by atoms with Crippen LogP contribution in [0, 0.1) is 10.7 Å². The number of ketones is 1. The van der Waals surface area contributed by atoms with Crippen LogP contribution in [0.5, 0.6) is 0 Å². The predicted molar refractivity (Wildman–Crippen MR) is 67.8 cm³/mol. The number of hydrogen-bond acceptors (Lipinski definition) is 3. The van der Waals surface area contributed by atoms with Gasteiger partial charge < -0.3 is 0 Å². The molecule has 0 fully saturated rings. The fourth-order valence-electron chi connectivity index (χ4n) is 1.48. The number of thiocyanates is 1. The van der Waals surface area contributed by atoms with Gasteiger partial charge in [-0.15, -0.1) is 0 Å². The third-order valence-electron chi connectivity index (χ3n) is 2.32. The summed E-state index contributed by atoms with van der Waals surface area (Å²) in [6.07, 6.45) is 0. The van der Waals surface area contributed by atoms with Crippen LogP contribution >= 0.6 is 11.8 Å². The molecule has 0 aliphatic rings. The highest BCUT2D eigenvalue weighted by molar-refractivity contribution is 8.03. The molecule has 0 aliphatic heterocycles. The average molecular weight is 239 g/mol. The van der Waals surface area contributed by atoms with Gasteiger partial charge >= 0.3 is 0 Å². The molecule has 0 saturated heterocycles. The van der Waals surface area contributed by atoms with Gasteiger partial charge in [-0.1, -0.05) is 30.3 Å². The van der Waals surface area contributed by atoms with E-state index in [9.17, 15) is 4.79 Å². The molecule has 0 saturated carbocycles. The molecule has 0 aromatic heterocycles. The van der Waals surface area contributed by atoms with E-state index in [1.807, 2.05) is 23.6 Å². The molecule has 2 nitrogen and oxygen atoms in total. The molecular formula is C14H9NOS. The summed E-state index contributed by atoms with van der Waals surface area (Å²) in [5.41, 5.74) is 1.31. The number of carbonyl (C=O) groups is 1. The Hall–Kier alpha value is -2.05. The molecule has 0 amide bonds. The van der Waals surface area contributed by atoms with E-state index >= 15 is 0 Å². The van der Waals surface area contributed by atoms with E-state index in [4.69, 9.17) is 5.26 Å². The van der Waals surface area contributed by atoms with Crippen LogP contribution in [-0.2, 0) is 0 Å². The monoisotopic (exact) mass is 239 g/mol. The average Bonchev–Trinajstić information content (AvgIpc) is 2.40. The van der Waals surface area contributed by atoms with Gasteiger partial charge in [0.05, 0.1) is 0 Å². The second kappa shape index (κ2) is 5.33.